The minimum atomic E-state index is -0.409. The van der Waals surface area contributed by atoms with Crippen molar-refractivity contribution in [2.75, 3.05) is 18.0 Å². The van der Waals surface area contributed by atoms with Crippen molar-refractivity contribution in [2.24, 2.45) is 5.92 Å². The van der Waals surface area contributed by atoms with Crippen molar-refractivity contribution in [1.82, 2.24) is 5.32 Å². The van der Waals surface area contributed by atoms with Gasteiger partial charge in [0.1, 0.15) is 5.82 Å². The van der Waals surface area contributed by atoms with Crippen LogP contribution in [0.2, 0.25) is 0 Å². The second-order valence-corrected chi connectivity index (χ2v) is 5.47. The molecule has 2 aliphatic rings. The molecule has 1 amide bonds. The number of hydrogen-bond donors (Lipinski definition) is 1. The van der Waals surface area contributed by atoms with Gasteiger partial charge < -0.3 is 10.2 Å². The summed E-state index contributed by atoms with van der Waals surface area (Å²) < 4.78 is 13.4. The van der Waals surface area contributed by atoms with E-state index in [0.717, 1.165) is 25.1 Å². The number of carbonyl (C=O) groups is 2. The van der Waals surface area contributed by atoms with Crippen molar-refractivity contribution in [3.8, 4) is 0 Å². The predicted molar refractivity (Wildman–Crippen MR) is 73.3 cm³/mol. The normalized spacial score (nSPS) is 25.3. The van der Waals surface area contributed by atoms with Crippen molar-refractivity contribution in [2.45, 2.75) is 25.8 Å². The molecule has 2 heterocycles. The number of halogens is 1. The van der Waals surface area contributed by atoms with Crippen molar-refractivity contribution in [3.05, 3.63) is 29.6 Å². The van der Waals surface area contributed by atoms with Gasteiger partial charge >= 0.3 is 0 Å². The highest BCUT2D eigenvalue weighted by atomic mass is 19.1. The van der Waals surface area contributed by atoms with E-state index in [1.54, 1.807) is 6.07 Å². The van der Waals surface area contributed by atoms with E-state index in [-0.39, 0.29) is 23.7 Å². The number of benzene rings is 1. The van der Waals surface area contributed by atoms with Crippen LogP contribution in [-0.2, 0) is 4.79 Å². The molecule has 106 valence electrons. The van der Waals surface area contributed by atoms with Gasteiger partial charge in [-0.15, -0.1) is 0 Å². The molecule has 0 bridgehead atoms. The van der Waals surface area contributed by atoms with Crippen molar-refractivity contribution in [1.29, 1.82) is 0 Å². The molecule has 1 aromatic rings. The Morgan fingerprint density at radius 3 is 3.00 bits per heavy atom. The van der Waals surface area contributed by atoms with Crippen molar-refractivity contribution < 1.29 is 14.0 Å². The van der Waals surface area contributed by atoms with Crippen LogP contribution in [0, 0.1) is 11.7 Å². The molecule has 2 saturated heterocycles. The molecule has 0 spiro atoms. The fourth-order valence-electron chi connectivity index (χ4n) is 3.29. The van der Waals surface area contributed by atoms with Crippen LogP contribution >= 0.6 is 0 Å². The van der Waals surface area contributed by atoms with E-state index in [4.69, 9.17) is 0 Å². The predicted octanol–water partition coefficient (Wildman–Crippen LogP) is 1.74. The number of piperidine rings is 1. The molecule has 0 radical (unpaired) electrons. The molecule has 20 heavy (non-hydrogen) atoms. The number of nitrogens with one attached hydrogen (secondary N) is 1. The highest BCUT2D eigenvalue weighted by molar-refractivity contribution is 6.00. The van der Waals surface area contributed by atoms with E-state index in [1.165, 1.54) is 19.1 Å². The first-order valence-electron chi connectivity index (χ1n) is 6.93. The van der Waals surface area contributed by atoms with Crippen molar-refractivity contribution >= 4 is 17.4 Å². The fourth-order valence-corrected chi connectivity index (χ4v) is 3.29. The van der Waals surface area contributed by atoms with Crippen molar-refractivity contribution in [3.63, 3.8) is 0 Å². The summed E-state index contributed by atoms with van der Waals surface area (Å²) in [6.07, 6.45) is 1.78. The van der Waals surface area contributed by atoms with Gasteiger partial charge in [-0.1, -0.05) is 0 Å². The first-order chi connectivity index (χ1) is 9.58. The summed E-state index contributed by atoms with van der Waals surface area (Å²) in [7, 11) is 0. The summed E-state index contributed by atoms with van der Waals surface area (Å²) >= 11 is 0. The first kappa shape index (κ1) is 13.1. The molecule has 2 aliphatic heterocycles. The molecule has 0 saturated carbocycles. The quantitative estimate of drug-likeness (QED) is 0.837. The van der Waals surface area contributed by atoms with Gasteiger partial charge in [0.15, 0.2) is 5.78 Å². The average molecular weight is 276 g/mol. The lowest BCUT2D eigenvalue weighted by Crippen LogP contribution is -2.46. The average Bonchev–Trinajstić information content (AvgIpc) is 2.81. The molecule has 5 heteroatoms. The number of hydrogen-bond acceptors (Lipinski definition) is 3. The highest BCUT2D eigenvalue weighted by Crippen LogP contribution is 2.33. The maximum atomic E-state index is 13.4. The van der Waals surface area contributed by atoms with Gasteiger partial charge in [-0.2, -0.15) is 0 Å². The Morgan fingerprint density at radius 1 is 1.45 bits per heavy atom. The zero-order valence-electron chi connectivity index (χ0n) is 11.4. The Hall–Kier alpha value is -1.91. The number of amides is 1. The van der Waals surface area contributed by atoms with Crippen LogP contribution in [-0.4, -0.2) is 30.8 Å². The topological polar surface area (TPSA) is 49.4 Å². The van der Waals surface area contributed by atoms with E-state index in [1.807, 2.05) is 0 Å². The molecule has 0 aliphatic carbocycles. The summed E-state index contributed by atoms with van der Waals surface area (Å²) in [4.78, 5) is 25.6. The second kappa shape index (κ2) is 4.89. The summed E-state index contributed by atoms with van der Waals surface area (Å²) in [5, 5.41) is 2.88. The molecule has 2 unspecified atom stereocenters. The maximum Gasteiger partial charge on any atom is 0.225 e. The molecular weight excluding hydrogens is 259 g/mol. The maximum absolute atomic E-state index is 13.4. The lowest BCUT2D eigenvalue weighted by atomic mass is 9.90. The summed E-state index contributed by atoms with van der Waals surface area (Å²) in [5.74, 6) is -0.494. The Bertz CT molecular complexity index is 573. The van der Waals surface area contributed by atoms with Gasteiger partial charge in [-0.05, 0) is 38.0 Å². The molecule has 2 fully saturated rings. The van der Waals surface area contributed by atoms with E-state index < -0.39 is 5.82 Å². The largest absolute Gasteiger partial charge is 0.365 e. The summed E-state index contributed by atoms with van der Waals surface area (Å²) in [6, 6.07) is 4.37. The molecule has 0 aromatic heterocycles. The van der Waals surface area contributed by atoms with E-state index >= 15 is 0 Å². The standard InChI is InChI=1S/C15H17FN2O2/c1-9(19)12-7-10(16)4-5-13(12)18-6-2-3-11-14(18)8-17-15(11)20/h4-5,7,11,14H,2-3,6,8H2,1H3,(H,17,20). The molecule has 2 atom stereocenters. The molecule has 1 aromatic carbocycles. The minimum absolute atomic E-state index is 0.0198. The second-order valence-electron chi connectivity index (χ2n) is 5.47. The fraction of sp³-hybridized carbons (Fsp3) is 0.467. The van der Waals surface area contributed by atoms with Crippen LogP contribution in [0.1, 0.15) is 30.1 Å². The van der Waals surface area contributed by atoms with Gasteiger partial charge in [0.05, 0.1) is 12.0 Å². The molecule has 4 nitrogen and oxygen atoms in total. The van der Waals surface area contributed by atoms with Crippen LogP contribution in [0.5, 0.6) is 0 Å². The number of rotatable bonds is 2. The zero-order chi connectivity index (χ0) is 14.3. The van der Waals surface area contributed by atoms with E-state index in [2.05, 4.69) is 10.2 Å². The Morgan fingerprint density at radius 2 is 2.25 bits per heavy atom. The third kappa shape index (κ3) is 2.07. The van der Waals surface area contributed by atoms with Gasteiger partial charge in [0.25, 0.3) is 0 Å². The molecule has 1 N–H and O–H groups in total. The number of fused-ring (bicyclic) bond motifs is 1. The number of nitrogens with zero attached hydrogens (tertiary/aromatic N) is 1. The highest BCUT2D eigenvalue weighted by Gasteiger charge is 2.41. The number of carbonyl (C=O) groups excluding carboxylic acids is 2. The van der Waals surface area contributed by atoms with E-state index in [0.29, 0.717) is 12.1 Å². The Balaban J connectivity index is 2.00. The monoisotopic (exact) mass is 276 g/mol. The third-order valence-electron chi connectivity index (χ3n) is 4.25. The SMILES string of the molecule is CC(=O)c1cc(F)ccc1N1CCCC2C(=O)NCC21. The van der Waals surface area contributed by atoms with Crippen LogP contribution < -0.4 is 10.2 Å². The zero-order valence-corrected chi connectivity index (χ0v) is 11.4. The summed E-state index contributed by atoms with van der Waals surface area (Å²) in [6.45, 7) is 2.83. The Kier molecular flexibility index (Phi) is 3.20. The lowest BCUT2D eigenvalue weighted by Gasteiger charge is -2.38. The van der Waals surface area contributed by atoms with Gasteiger partial charge in [0, 0.05) is 24.3 Å². The van der Waals surface area contributed by atoms with E-state index in [9.17, 15) is 14.0 Å². The Labute approximate surface area is 117 Å². The minimum Gasteiger partial charge on any atom is -0.365 e. The van der Waals surface area contributed by atoms with Crippen LogP contribution in [0.25, 0.3) is 0 Å². The summed E-state index contributed by atoms with van der Waals surface area (Å²) in [5.41, 5.74) is 1.13. The first-order valence-corrected chi connectivity index (χ1v) is 6.93. The smallest absolute Gasteiger partial charge is 0.225 e. The lowest BCUT2D eigenvalue weighted by molar-refractivity contribution is -0.122. The van der Waals surface area contributed by atoms with Crippen LogP contribution in [0.4, 0.5) is 10.1 Å². The number of anilines is 1. The van der Waals surface area contributed by atoms with Crippen LogP contribution in [0.3, 0.4) is 0 Å². The number of Topliss-reactive ketones (excluding diaryl/α,β-unsaturated/α-hetero) is 1. The molecular formula is C15H17FN2O2. The van der Waals surface area contributed by atoms with Gasteiger partial charge in [0.2, 0.25) is 5.91 Å². The van der Waals surface area contributed by atoms with Gasteiger partial charge in [-0.3, -0.25) is 9.59 Å². The van der Waals surface area contributed by atoms with Gasteiger partial charge in [-0.25, -0.2) is 4.39 Å². The van der Waals surface area contributed by atoms with Crippen LogP contribution in [0.15, 0.2) is 18.2 Å². The third-order valence-corrected chi connectivity index (χ3v) is 4.25. The number of ketones is 1. The molecule has 3 rings (SSSR count).